The van der Waals surface area contributed by atoms with Crippen LogP contribution in [-0.4, -0.2) is 31.4 Å². The number of rotatable bonds is 8. The third kappa shape index (κ3) is 4.17. The number of aryl methyl sites for hydroxylation is 1. The van der Waals surface area contributed by atoms with Crippen LogP contribution in [0.25, 0.3) is 0 Å². The van der Waals surface area contributed by atoms with Crippen LogP contribution >= 0.6 is 0 Å². The summed E-state index contributed by atoms with van der Waals surface area (Å²) in [5, 5.41) is 3.47. The van der Waals surface area contributed by atoms with Crippen molar-refractivity contribution >= 4 is 0 Å². The zero-order valence-electron chi connectivity index (χ0n) is 13.2. The largest absolute Gasteiger partial charge is 0.485 e. The van der Waals surface area contributed by atoms with Crippen molar-refractivity contribution in [1.29, 1.82) is 0 Å². The van der Waals surface area contributed by atoms with Crippen molar-refractivity contribution in [2.75, 3.05) is 13.2 Å². The number of hydrogen-bond donors (Lipinski definition) is 1. The van der Waals surface area contributed by atoms with E-state index in [4.69, 9.17) is 9.47 Å². The van der Waals surface area contributed by atoms with Gasteiger partial charge >= 0.3 is 0 Å². The second kappa shape index (κ2) is 7.76. The highest BCUT2D eigenvalue weighted by atomic mass is 19.1. The Morgan fingerprint density at radius 1 is 1.29 bits per heavy atom. The van der Waals surface area contributed by atoms with Gasteiger partial charge in [0.15, 0.2) is 11.6 Å². The predicted molar refractivity (Wildman–Crippen MR) is 82.3 cm³/mol. The molecule has 0 aliphatic heterocycles. The van der Waals surface area contributed by atoms with E-state index >= 15 is 0 Å². The molecule has 118 valence electrons. The van der Waals surface area contributed by atoms with Crippen molar-refractivity contribution in [2.24, 2.45) is 0 Å². The van der Waals surface area contributed by atoms with E-state index in [1.165, 1.54) is 6.07 Å². The van der Waals surface area contributed by atoms with Crippen molar-refractivity contribution in [3.05, 3.63) is 29.6 Å². The predicted octanol–water partition coefficient (Wildman–Crippen LogP) is 3.45. The molecule has 3 atom stereocenters. The van der Waals surface area contributed by atoms with Gasteiger partial charge in [-0.15, -0.1) is 0 Å². The molecule has 3 nitrogen and oxygen atoms in total. The highest BCUT2D eigenvalue weighted by Crippen LogP contribution is 2.31. The highest BCUT2D eigenvalue weighted by Gasteiger charge is 2.43. The van der Waals surface area contributed by atoms with Crippen LogP contribution in [0.4, 0.5) is 4.39 Å². The number of benzene rings is 1. The lowest BCUT2D eigenvalue weighted by Gasteiger charge is -2.44. The van der Waals surface area contributed by atoms with Gasteiger partial charge in [-0.05, 0) is 44.0 Å². The molecule has 0 saturated heterocycles. The Morgan fingerprint density at radius 3 is 2.81 bits per heavy atom. The van der Waals surface area contributed by atoms with Crippen molar-refractivity contribution in [1.82, 2.24) is 5.32 Å². The lowest BCUT2D eigenvalue weighted by atomic mass is 9.85. The van der Waals surface area contributed by atoms with Crippen LogP contribution in [0.5, 0.6) is 5.75 Å². The maximum Gasteiger partial charge on any atom is 0.165 e. The number of ether oxygens (including phenoxy) is 2. The van der Waals surface area contributed by atoms with E-state index in [1.54, 1.807) is 12.1 Å². The van der Waals surface area contributed by atoms with Gasteiger partial charge < -0.3 is 14.8 Å². The van der Waals surface area contributed by atoms with E-state index in [2.05, 4.69) is 19.2 Å². The summed E-state index contributed by atoms with van der Waals surface area (Å²) in [5.74, 6) is 0.0267. The molecule has 21 heavy (non-hydrogen) atoms. The molecule has 1 saturated carbocycles. The number of hydrogen-bond acceptors (Lipinski definition) is 3. The monoisotopic (exact) mass is 295 g/mol. The third-order valence-corrected chi connectivity index (χ3v) is 3.79. The van der Waals surface area contributed by atoms with Crippen LogP contribution < -0.4 is 10.1 Å². The molecule has 4 heteroatoms. The van der Waals surface area contributed by atoms with E-state index in [1.807, 2.05) is 6.92 Å². The molecule has 0 heterocycles. The summed E-state index contributed by atoms with van der Waals surface area (Å²) in [4.78, 5) is 0. The minimum absolute atomic E-state index is 0.0106. The molecule has 1 N–H and O–H groups in total. The maximum absolute atomic E-state index is 13.8. The first-order valence-electron chi connectivity index (χ1n) is 7.93. The van der Waals surface area contributed by atoms with Crippen LogP contribution in [0.1, 0.15) is 38.7 Å². The fourth-order valence-corrected chi connectivity index (χ4v) is 2.57. The summed E-state index contributed by atoms with van der Waals surface area (Å²) >= 11 is 0. The number of halogens is 1. The molecule has 0 spiro atoms. The zero-order chi connectivity index (χ0) is 15.2. The quantitative estimate of drug-likeness (QED) is 0.797. The fourth-order valence-electron chi connectivity index (χ4n) is 2.57. The Balaban J connectivity index is 1.96. The lowest BCUT2D eigenvalue weighted by Crippen LogP contribution is -2.61. The normalized spacial score (nSPS) is 24.7. The SMILES string of the molecule is CCCNC1CC(Oc2cc(C)ccc2F)C1OCCC. The van der Waals surface area contributed by atoms with Gasteiger partial charge in [0.1, 0.15) is 12.2 Å². The molecule has 1 fully saturated rings. The van der Waals surface area contributed by atoms with Gasteiger partial charge in [-0.1, -0.05) is 19.9 Å². The van der Waals surface area contributed by atoms with E-state index in [0.29, 0.717) is 18.4 Å². The van der Waals surface area contributed by atoms with Crippen LogP contribution in [0.3, 0.4) is 0 Å². The Bertz CT molecular complexity index is 452. The van der Waals surface area contributed by atoms with E-state index in [0.717, 1.165) is 31.4 Å². The second-order valence-corrected chi connectivity index (χ2v) is 5.72. The Labute approximate surface area is 126 Å². The van der Waals surface area contributed by atoms with Crippen LogP contribution in [0, 0.1) is 12.7 Å². The Kier molecular flexibility index (Phi) is 6.00. The zero-order valence-corrected chi connectivity index (χ0v) is 13.2. The molecular formula is C17H26FNO2. The molecule has 0 aromatic heterocycles. The summed E-state index contributed by atoms with van der Waals surface area (Å²) in [6.45, 7) is 7.85. The molecule has 2 rings (SSSR count). The average Bonchev–Trinajstić information content (AvgIpc) is 2.46. The van der Waals surface area contributed by atoms with Crippen LogP contribution in [0.15, 0.2) is 18.2 Å². The Morgan fingerprint density at radius 2 is 2.10 bits per heavy atom. The van der Waals surface area contributed by atoms with Gasteiger partial charge in [-0.3, -0.25) is 0 Å². The molecule has 1 aromatic carbocycles. The third-order valence-electron chi connectivity index (χ3n) is 3.79. The van der Waals surface area contributed by atoms with Crippen LogP contribution in [0.2, 0.25) is 0 Å². The molecule has 1 aliphatic carbocycles. The maximum atomic E-state index is 13.8. The van der Waals surface area contributed by atoms with E-state index in [9.17, 15) is 4.39 Å². The molecule has 0 radical (unpaired) electrons. The van der Waals surface area contributed by atoms with Gasteiger partial charge in [0.05, 0.1) is 0 Å². The van der Waals surface area contributed by atoms with Crippen molar-refractivity contribution in [3.8, 4) is 5.75 Å². The molecular weight excluding hydrogens is 269 g/mol. The molecule has 0 bridgehead atoms. The smallest absolute Gasteiger partial charge is 0.165 e. The van der Waals surface area contributed by atoms with Gasteiger partial charge in [0, 0.05) is 19.1 Å². The average molecular weight is 295 g/mol. The first-order chi connectivity index (χ1) is 10.2. The lowest BCUT2D eigenvalue weighted by molar-refractivity contribution is -0.108. The molecule has 0 amide bonds. The van der Waals surface area contributed by atoms with Crippen molar-refractivity contribution in [3.63, 3.8) is 0 Å². The fraction of sp³-hybridized carbons (Fsp3) is 0.647. The summed E-state index contributed by atoms with van der Waals surface area (Å²) in [6, 6.07) is 5.27. The summed E-state index contributed by atoms with van der Waals surface area (Å²) in [7, 11) is 0. The summed E-state index contributed by atoms with van der Waals surface area (Å²) in [5.41, 5.74) is 0.998. The van der Waals surface area contributed by atoms with E-state index in [-0.39, 0.29) is 18.0 Å². The van der Waals surface area contributed by atoms with Crippen LogP contribution in [-0.2, 0) is 4.74 Å². The van der Waals surface area contributed by atoms with E-state index < -0.39 is 0 Å². The summed E-state index contributed by atoms with van der Waals surface area (Å²) < 4.78 is 25.5. The first-order valence-corrected chi connectivity index (χ1v) is 7.93. The van der Waals surface area contributed by atoms with Crippen molar-refractivity contribution in [2.45, 2.75) is 58.3 Å². The molecule has 1 aliphatic rings. The van der Waals surface area contributed by atoms with Gasteiger partial charge in [0.25, 0.3) is 0 Å². The van der Waals surface area contributed by atoms with Gasteiger partial charge in [-0.25, -0.2) is 4.39 Å². The standard InChI is InChI=1S/C17H26FNO2/c1-4-8-19-14-11-16(17(14)20-9-5-2)21-15-10-12(3)6-7-13(15)18/h6-7,10,14,16-17,19H,4-5,8-9,11H2,1-3H3. The highest BCUT2D eigenvalue weighted by molar-refractivity contribution is 5.30. The molecule has 1 aromatic rings. The minimum atomic E-state index is -0.306. The van der Waals surface area contributed by atoms with Gasteiger partial charge in [0.2, 0.25) is 0 Å². The van der Waals surface area contributed by atoms with Gasteiger partial charge in [-0.2, -0.15) is 0 Å². The second-order valence-electron chi connectivity index (χ2n) is 5.72. The minimum Gasteiger partial charge on any atom is -0.485 e. The number of nitrogens with one attached hydrogen (secondary N) is 1. The Hall–Kier alpha value is -1.13. The topological polar surface area (TPSA) is 30.5 Å². The molecule has 3 unspecified atom stereocenters. The first kappa shape index (κ1) is 16.2. The summed E-state index contributed by atoms with van der Waals surface area (Å²) in [6.07, 6.45) is 2.87. The van der Waals surface area contributed by atoms with Crippen molar-refractivity contribution < 1.29 is 13.9 Å².